The second kappa shape index (κ2) is 8.38. The fourth-order valence-electron chi connectivity index (χ4n) is 4.79. The summed E-state index contributed by atoms with van der Waals surface area (Å²) in [6.07, 6.45) is 2.14. The summed E-state index contributed by atoms with van der Waals surface area (Å²) in [6.45, 7) is 3.73. The van der Waals surface area contributed by atoms with Gasteiger partial charge in [-0.1, -0.05) is 42.5 Å². The number of hydrogen-bond donors (Lipinski definition) is 0. The molecule has 2 aromatic rings. The Labute approximate surface area is 177 Å². The first kappa shape index (κ1) is 19.5. The van der Waals surface area contributed by atoms with Crippen LogP contribution in [0.5, 0.6) is 5.75 Å². The summed E-state index contributed by atoms with van der Waals surface area (Å²) in [5.41, 5.74) is 2.89. The van der Waals surface area contributed by atoms with E-state index < -0.39 is 5.79 Å². The number of nitrogens with zero attached hydrogens (tertiary/aromatic N) is 2. The van der Waals surface area contributed by atoms with Crippen LogP contribution >= 0.6 is 0 Å². The van der Waals surface area contributed by atoms with Gasteiger partial charge in [-0.05, 0) is 36.1 Å². The molecule has 6 nitrogen and oxygen atoms in total. The van der Waals surface area contributed by atoms with E-state index in [1.54, 1.807) is 0 Å². The monoisotopic (exact) mass is 408 g/mol. The van der Waals surface area contributed by atoms with Gasteiger partial charge in [-0.3, -0.25) is 9.69 Å². The predicted molar refractivity (Wildman–Crippen MR) is 112 cm³/mol. The van der Waals surface area contributed by atoms with Gasteiger partial charge in [-0.2, -0.15) is 0 Å². The first-order valence-corrected chi connectivity index (χ1v) is 10.8. The number of rotatable bonds is 4. The standard InChI is InChI=1S/C24H28N2O4/c27-23(16-28-22-8-2-1-3-9-22)26-11-13-30-24(18-26)17-25(10-12-29-24)21-14-19-6-4-5-7-20(19)15-21/h1-9,21H,10-18H2. The molecule has 1 spiro atoms. The Morgan fingerprint density at radius 1 is 0.933 bits per heavy atom. The van der Waals surface area contributed by atoms with Crippen molar-refractivity contribution < 1.29 is 19.0 Å². The number of amides is 1. The van der Waals surface area contributed by atoms with Gasteiger partial charge in [0, 0.05) is 19.1 Å². The zero-order valence-corrected chi connectivity index (χ0v) is 17.2. The lowest BCUT2D eigenvalue weighted by Crippen LogP contribution is -2.64. The Morgan fingerprint density at radius 2 is 1.60 bits per heavy atom. The van der Waals surface area contributed by atoms with E-state index in [-0.39, 0.29) is 12.5 Å². The largest absolute Gasteiger partial charge is 0.484 e. The maximum atomic E-state index is 12.8. The van der Waals surface area contributed by atoms with Crippen LogP contribution in [0.4, 0.5) is 0 Å². The molecular formula is C24H28N2O4. The molecule has 1 amide bonds. The zero-order valence-electron chi connectivity index (χ0n) is 17.2. The molecule has 1 aliphatic carbocycles. The van der Waals surface area contributed by atoms with Crippen LogP contribution in [0.25, 0.3) is 0 Å². The van der Waals surface area contributed by atoms with Gasteiger partial charge in [-0.25, -0.2) is 0 Å². The highest BCUT2D eigenvalue weighted by molar-refractivity contribution is 5.78. The summed E-state index contributed by atoms with van der Waals surface area (Å²) in [5.74, 6) is -0.0709. The molecule has 6 heteroatoms. The van der Waals surface area contributed by atoms with E-state index in [0.717, 1.165) is 19.4 Å². The third-order valence-electron chi connectivity index (χ3n) is 6.35. The van der Waals surface area contributed by atoms with Crippen LogP contribution in [-0.2, 0) is 27.1 Å². The van der Waals surface area contributed by atoms with E-state index >= 15 is 0 Å². The quantitative estimate of drug-likeness (QED) is 0.776. The van der Waals surface area contributed by atoms with Crippen LogP contribution in [-0.4, -0.2) is 73.5 Å². The molecule has 1 atom stereocenters. The minimum Gasteiger partial charge on any atom is -0.484 e. The van der Waals surface area contributed by atoms with Crippen LogP contribution in [0, 0.1) is 0 Å². The van der Waals surface area contributed by atoms with Gasteiger partial charge in [0.15, 0.2) is 12.4 Å². The SMILES string of the molecule is O=C(COc1ccccc1)N1CCOC2(C1)CN(C1Cc3ccccc3C1)CCO2. The predicted octanol–water partition coefficient (Wildman–Crippen LogP) is 2.12. The van der Waals surface area contributed by atoms with Crippen LogP contribution in [0.1, 0.15) is 11.1 Å². The van der Waals surface area contributed by atoms with Crippen LogP contribution in [0.2, 0.25) is 0 Å². The van der Waals surface area contributed by atoms with Crippen molar-refractivity contribution in [2.45, 2.75) is 24.7 Å². The lowest BCUT2D eigenvalue weighted by Gasteiger charge is -2.48. The molecule has 2 aromatic carbocycles. The van der Waals surface area contributed by atoms with Gasteiger partial charge >= 0.3 is 0 Å². The molecule has 2 aliphatic heterocycles. The zero-order chi connectivity index (χ0) is 20.4. The molecule has 0 bridgehead atoms. The van der Waals surface area contributed by atoms with Crippen LogP contribution in [0.15, 0.2) is 54.6 Å². The average Bonchev–Trinajstić information content (AvgIpc) is 3.23. The van der Waals surface area contributed by atoms with Crippen molar-refractivity contribution in [3.8, 4) is 5.75 Å². The Morgan fingerprint density at radius 3 is 2.33 bits per heavy atom. The highest BCUT2D eigenvalue weighted by Crippen LogP contribution is 2.31. The average molecular weight is 408 g/mol. The van der Waals surface area contributed by atoms with Gasteiger partial charge in [-0.15, -0.1) is 0 Å². The fraction of sp³-hybridized carbons (Fsp3) is 0.458. The van der Waals surface area contributed by atoms with E-state index in [1.807, 2.05) is 35.2 Å². The van der Waals surface area contributed by atoms with Crippen molar-refractivity contribution in [2.75, 3.05) is 46.0 Å². The third kappa shape index (κ3) is 4.08. The molecule has 0 radical (unpaired) electrons. The Bertz CT molecular complexity index is 861. The first-order chi connectivity index (χ1) is 14.7. The van der Waals surface area contributed by atoms with Crippen molar-refractivity contribution in [1.29, 1.82) is 0 Å². The number of para-hydroxylation sites is 1. The van der Waals surface area contributed by atoms with Crippen molar-refractivity contribution in [1.82, 2.24) is 9.80 Å². The molecule has 1 unspecified atom stereocenters. The van der Waals surface area contributed by atoms with Crippen molar-refractivity contribution >= 4 is 5.91 Å². The summed E-state index contributed by atoms with van der Waals surface area (Å²) in [5, 5.41) is 0. The van der Waals surface area contributed by atoms with Gasteiger partial charge in [0.25, 0.3) is 5.91 Å². The van der Waals surface area contributed by atoms with Gasteiger partial charge in [0.1, 0.15) is 5.75 Å². The number of carbonyl (C=O) groups excluding carboxylic acids is 1. The van der Waals surface area contributed by atoms with Gasteiger partial charge in [0.2, 0.25) is 0 Å². The Kier molecular flexibility index (Phi) is 5.46. The van der Waals surface area contributed by atoms with Crippen LogP contribution in [0.3, 0.4) is 0 Å². The van der Waals surface area contributed by atoms with E-state index in [0.29, 0.717) is 44.6 Å². The van der Waals surface area contributed by atoms with E-state index in [9.17, 15) is 4.79 Å². The highest BCUT2D eigenvalue weighted by atomic mass is 16.7. The number of carbonyl (C=O) groups is 1. The molecule has 5 rings (SSSR count). The molecule has 3 aliphatic rings. The van der Waals surface area contributed by atoms with E-state index in [1.165, 1.54) is 11.1 Å². The van der Waals surface area contributed by atoms with Crippen LogP contribution < -0.4 is 4.74 Å². The van der Waals surface area contributed by atoms with E-state index in [4.69, 9.17) is 14.2 Å². The topological polar surface area (TPSA) is 51.2 Å². The van der Waals surface area contributed by atoms with Crippen molar-refractivity contribution in [3.05, 3.63) is 65.7 Å². The molecule has 2 heterocycles. The fourth-order valence-corrected chi connectivity index (χ4v) is 4.79. The summed E-state index contributed by atoms with van der Waals surface area (Å²) >= 11 is 0. The number of morpholine rings is 2. The maximum absolute atomic E-state index is 12.8. The normalized spacial score (nSPS) is 24.7. The molecule has 0 saturated carbocycles. The second-order valence-electron chi connectivity index (χ2n) is 8.33. The smallest absolute Gasteiger partial charge is 0.260 e. The second-order valence-corrected chi connectivity index (χ2v) is 8.33. The van der Waals surface area contributed by atoms with Crippen molar-refractivity contribution in [3.63, 3.8) is 0 Å². The molecule has 158 valence electrons. The highest BCUT2D eigenvalue weighted by Gasteiger charge is 2.45. The molecule has 30 heavy (non-hydrogen) atoms. The minimum absolute atomic E-state index is 0.0295. The summed E-state index contributed by atoms with van der Waals surface area (Å²) in [7, 11) is 0. The maximum Gasteiger partial charge on any atom is 0.260 e. The molecular weight excluding hydrogens is 380 g/mol. The Hall–Kier alpha value is -2.41. The lowest BCUT2D eigenvalue weighted by atomic mass is 10.1. The number of ether oxygens (including phenoxy) is 3. The lowest BCUT2D eigenvalue weighted by molar-refractivity contribution is -0.292. The summed E-state index contributed by atoms with van der Waals surface area (Å²) < 4.78 is 17.9. The Balaban J connectivity index is 1.20. The van der Waals surface area contributed by atoms with Crippen molar-refractivity contribution in [2.24, 2.45) is 0 Å². The van der Waals surface area contributed by atoms with Gasteiger partial charge in [0.05, 0.1) is 26.3 Å². The van der Waals surface area contributed by atoms with E-state index in [2.05, 4.69) is 29.2 Å². The molecule has 0 aromatic heterocycles. The summed E-state index contributed by atoms with van der Waals surface area (Å²) in [6, 6.07) is 18.6. The molecule has 2 saturated heterocycles. The molecule has 2 fully saturated rings. The number of hydrogen-bond acceptors (Lipinski definition) is 5. The first-order valence-electron chi connectivity index (χ1n) is 10.8. The van der Waals surface area contributed by atoms with Gasteiger partial charge < -0.3 is 19.1 Å². The number of benzene rings is 2. The molecule has 0 N–H and O–H groups in total. The third-order valence-corrected chi connectivity index (χ3v) is 6.35. The minimum atomic E-state index is -0.742. The number of fused-ring (bicyclic) bond motifs is 1. The summed E-state index contributed by atoms with van der Waals surface area (Å²) in [4.78, 5) is 17.1.